The van der Waals surface area contributed by atoms with E-state index in [1.54, 1.807) is 0 Å². The molecular formula is C13H19F2NOS. The second-order valence-electron chi connectivity index (χ2n) is 4.31. The molecule has 0 aliphatic heterocycles. The molecule has 102 valence electrons. The second kappa shape index (κ2) is 7.59. The fraction of sp³-hybridized carbons (Fsp3) is 0.538. The fourth-order valence-electron chi connectivity index (χ4n) is 1.60. The molecule has 2 nitrogen and oxygen atoms in total. The summed E-state index contributed by atoms with van der Waals surface area (Å²) in [5.41, 5.74) is 0. The van der Waals surface area contributed by atoms with E-state index in [9.17, 15) is 13.0 Å². The molecular weight excluding hydrogens is 256 g/mol. The lowest BCUT2D eigenvalue weighted by molar-refractivity contribution is 0.536. The third kappa shape index (κ3) is 4.82. The maximum absolute atomic E-state index is 13.3. The number of benzene rings is 1. The van der Waals surface area contributed by atoms with E-state index < -0.39 is 22.4 Å². The standard InChI is InChI=1S/C13H19F2NOS/c1-10(16-2)5-3-4-8-18(17)13-7-6-11(14)9-12(13)15/h6-7,9-10,16H,3-5,8H2,1-2H3. The van der Waals surface area contributed by atoms with Crippen LogP contribution < -0.4 is 5.32 Å². The average molecular weight is 275 g/mol. The molecule has 1 N–H and O–H groups in total. The monoisotopic (exact) mass is 275 g/mol. The van der Waals surface area contributed by atoms with Crippen LogP contribution in [-0.2, 0) is 10.8 Å². The zero-order chi connectivity index (χ0) is 13.5. The van der Waals surface area contributed by atoms with Gasteiger partial charge >= 0.3 is 0 Å². The molecule has 0 spiro atoms. The Kier molecular flexibility index (Phi) is 6.43. The SMILES string of the molecule is CNC(C)CCCCS(=O)c1ccc(F)cc1F. The summed E-state index contributed by atoms with van der Waals surface area (Å²) in [5.74, 6) is -0.952. The molecule has 0 fully saturated rings. The van der Waals surface area contributed by atoms with Crippen LogP contribution in [0.4, 0.5) is 8.78 Å². The average Bonchev–Trinajstić information content (AvgIpc) is 2.34. The Morgan fingerprint density at radius 3 is 2.67 bits per heavy atom. The van der Waals surface area contributed by atoms with Crippen molar-refractivity contribution in [2.45, 2.75) is 37.1 Å². The van der Waals surface area contributed by atoms with Crippen molar-refractivity contribution in [1.29, 1.82) is 0 Å². The second-order valence-corrected chi connectivity index (χ2v) is 5.85. The van der Waals surface area contributed by atoms with Gasteiger partial charge in [0.1, 0.15) is 11.6 Å². The zero-order valence-corrected chi connectivity index (χ0v) is 11.5. The first-order chi connectivity index (χ1) is 8.54. The van der Waals surface area contributed by atoms with E-state index in [0.717, 1.165) is 31.4 Å². The van der Waals surface area contributed by atoms with Gasteiger partial charge in [0.25, 0.3) is 0 Å². The van der Waals surface area contributed by atoms with Crippen LogP contribution in [0.25, 0.3) is 0 Å². The molecule has 0 bridgehead atoms. The van der Waals surface area contributed by atoms with Gasteiger partial charge < -0.3 is 5.32 Å². The highest BCUT2D eigenvalue weighted by Gasteiger charge is 2.10. The molecule has 0 heterocycles. The Labute approximate surface area is 109 Å². The summed E-state index contributed by atoms with van der Waals surface area (Å²) in [5, 5.41) is 3.12. The zero-order valence-electron chi connectivity index (χ0n) is 10.7. The molecule has 2 atom stereocenters. The number of rotatable bonds is 7. The van der Waals surface area contributed by atoms with Gasteiger partial charge in [-0.25, -0.2) is 8.78 Å². The highest BCUT2D eigenvalue weighted by atomic mass is 32.2. The summed E-state index contributed by atoms with van der Waals surface area (Å²) in [6.45, 7) is 2.08. The van der Waals surface area contributed by atoms with Crippen LogP contribution in [0.2, 0.25) is 0 Å². The highest BCUT2D eigenvalue weighted by molar-refractivity contribution is 7.85. The van der Waals surface area contributed by atoms with Crippen molar-refractivity contribution in [3.8, 4) is 0 Å². The quantitative estimate of drug-likeness (QED) is 0.775. The predicted molar refractivity (Wildman–Crippen MR) is 70.0 cm³/mol. The van der Waals surface area contributed by atoms with Crippen molar-refractivity contribution < 1.29 is 13.0 Å². The van der Waals surface area contributed by atoms with Crippen molar-refractivity contribution in [2.24, 2.45) is 0 Å². The predicted octanol–water partition coefficient (Wildman–Crippen LogP) is 2.85. The van der Waals surface area contributed by atoms with Crippen LogP contribution in [-0.4, -0.2) is 23.1 Å². The van der Waals surface area contributed by atoms with Crippen LogP contribution in [0.15, 0.2) is 23.1 Å². The summed E-state index contributed by atoms with van der Waals surface area (Å²) in [4.78, 5) is 0.0954. The van der Waals surface area contributed by atoms with Crippen LogP contribution in [0.3, 0.4) is 0 Å². The van der Waals surface area contributed by atoms with Crippen LogP contribution in [0.5, 0.6) is 0 Å². The molecule has 0 amide bonds. The fourth-order valence-corrected chi connectivity index (χ4v) is 2.78. The molecule has 0 radical (unpaired) electrons. The van der Waals surface area contributed by atoms with E-state index in [0.29, 0.717) is 11.8 Å². The van der Waals surface area contributed by atoms with Crippen molar-refractivity contribution >= 4 is 10.8 Å². The van der Waals surface area contributed by atoms with Crippen molar-refractivity contribution in [1.82, 2.24) is 5.32 Å². The van der Waals surface area contributed by atoms with Gasteiger partial charge in [-0.05, 0) is 38.9 Å². The molecule has 1 rings (SSSR count). The Balaban J connectivity index is 2.41. The van der Waals surface area contributed by atoms with Gasteiger partial charge in [-0.1, -0.05) is 6.42 Å². The van der Waals surface area contributed by atoms with E-state index in [4.69, 9.17) is 0 Å². The molecule has 18 heavy (non-hydrogen) atoms. The first-order valence-electron chi connectivity index (χ1n) is 6.05. The lowest BCUT2D eigenvalue weighted by atomic mass is 10.1. The molecule has 2 unspecified atom stereocenters. The van der Waals surface area contributed by atoms with Gasteiger partial charge in [0.2, 0.25) is 0 Å². The van der Waals surface area contributed by atoms with Crippen molar-refractivity contribution in [2.75, 3.05) is 12.8 Å². The summed E-state index contributed by atoms with van der Waals surface area (Å²) >= 11 is 0. The van der Waals surface area contributed by atoms with Crippen molar-refractivity contribution in [3.63, 3.8) is 0 Å². The molecule has 0 saturated carbocycles. The lowest BCUT2D eigenvalue weighted by Crippen LogP contribution is -2.20. The first kappa shape index (κ1) is 15.2. The molecule has 1 aromatic carbocycles. The molecule has 1 aromatic rings. The Morgan fingerprint density at radius 1 is 1.33 bits per heavy atom. The van der Waals surface area contributed by atoms with Gasteiger partial charge in [0, 0.05) is 17.9 Å². The maximum Gasteiger partial charge on any atom is 0.142 e. The Hall–Kier alpha value is -0.810. The molecule has 0 aromatic heterocycles. The largest absolute Gasteiger partial charge is 0.317 e. The first-order valence-corrected chi connectivity index (χ1v) is 7.37. The number of unbranched alkanes of at least 4 members (excludes halogenated alkanes) is 1. The minimum Gasteiger partial charge on any atom is -0.317 e. The van der Waals surface area contributed by atoms with Gasteiger partial charge in [0.15, 0.2) is 0 Å². The normalized spacial score (nSPS) is 14.4. The van der Waals surface area contributed by atoms with E-state index in [2.05, 4.69) is 12.2 Å². The van der Waals surface area contributed by atoms with Gasteiger partial charge in [-0.15, -0.1) is 0 Å². The van der Waals surface area contributed by atoms with E-state index in [1.165, 1.54) is 6.07 Å². The van der Waals surface area contributed by atoms with Gasteiger partial charge in [0.05, 0.1) is 15.7 Å². The Bertz CT molecular complexity index is 412. The van der Waals surface area contributed by atoms with Gasteiger partial charge in [-0.2, -0.15) is 0 Å². The minimum atomic E-state index is -1.38. The van der Waals surface area contributed by atoms with E-state index in [-0.39, 0.29) is 4.90 Å². The van der Waals surface area contributed by atoms with Crippen LogP contribution in [0, 0.1) is 11.6 Å². The molecule has 0 aliphatic carbocycles. The van der Waals surface area contributed by atoms with Crippen LogP contribution >= 0.6 is 0 Å². The summed E-state index contributed by atoms with van der Waals surface area (Å²) < 4.78 is 37.9. The summed E-state index contributed by atoms with van der Waals surface area (Å²) in [6, 6.07) is 3.60. The van der Waals surface area contributed by atoms with E-state index >= 15 is 0 Å². The van der Waals surface area contributed by atoms with Crippen molar-refractivity contribution in [3.05, 3.63) is 29.8 Å². The number of hydrogen-bond donors (Lipinski definition) is 1. The third-order valence-electron chi connectivity index (χ3n) is 2.85. The topological polar surface area (TPSA) is 29.1 Å². The summed E-state index contributed by atoms with van der Waals surface area (Å²) in [6.07, 6.45) is 2.71. The Morgan fingerprint density at radius 2 is 2.06 bits per heavy atom. The number of nitrogens with one attached hydrogen (secondary N) is 1. The molecule has 0 saturated heterocycles. The number of hydrogen-bond acceptors (Lipinski definition) is 2. The highest BCUT2D eigenvalue weighted by Crippen LogP contribution is 2.15. The smallest absolute Gasteiger partial charge is 0.142 e. The van der Waals surface area contributed by atoms with Crippen LogP contribution in [0.1, 0.15) is 26.2 Å². The minimum absolute atomic E-state index is 0.0954. The third-order valence-corrected chi connectivity index (χ3v) is 4.33. The number of halogens is 2. The van der Waals surface area contributed by atoms with E-state index in [1.807, 2.05) is 7.05 Å². The molecule has 0 aliphatic rings. The lowest BCUT2D eigenvalue weighted by Gasteiger charge is -2.09. The molecule has 5 heteroatoms. The maximum atomic E-state index is 13.3. The summed E-state index contributed by atoms with van der Waals surface area (Å²) in [7, 11) is 0.518. The van der Waals surface area contributed by atoms with Gasteiger partial charge in [-0.3, -0.25) is 4.21 Å².